The zero-order valence-corrected chi connectivity index (χ0v) is 18.1. The van der Waals surface area contributed by atoms with E-state index in [0.29, 0.717) is 0 Å². The Balaban J connectivity index is 1.77. The number of piperidine rings is 1. The van der Waals surface area contributed by atoms with Crippen LogP contribution in [-0.4, -0.2) is 63.3 Å². The van der Waals surface area contributed by atoms with Gasteiger partial charge in [0.1, 0.15) is 0 Å². The van der Waals surface area contributed by atoms with Gasteiger partial charge in [0.2, 0.25) is 0 Å². The van der Waals surface area contributed by atoms with Gasteiger partial charge in [0.25, 0.3) is 0 Å². The Hall–Kier alpha value is -2.08. The fourth-order valence-electron chi connectivity index (χ4n) is 4.59. The molecule has 2 heterocycles. The van der Waals surface area contributed by atoms with Crippen molar-refractivity contribution in [1.82, 2.24) is 10.2 Å². The molecule has 1 aromatic rings. The van der Waals surface area contributed by atoms with Crippen LogP contribution in [0.5, 0.6) is 0 Å². The lowest BCUT2D eigenvalue weighted by Gasteiger charge is -2.38. The van der Waals surface area contributed by atoms with E-state index in [2.05, 4.69) is 48.3 Å². The number of carbonyl (C=O) groups excluding carboxylic acids is 1. The van der Waals surface area contributed by atoms with Crippen LogP contribution in [0.3, 0.4) is 0 Å². The van der Waals surface area contributed by atoms with Gasteiger partial charge >= 0.3 is 5.97 Å². The number of hydrogen-bond acceptors (Lipinski definition) is 4. The van der Waals surface area contributed by atoms with E-state index in [-0.39, 0.29) is 17.3 Å². The molecule has 0 amide bonds. The number of nitrogens with one attached hydrogen (secondary N) is 1. The summed E-state index contributed by atoms with van der Waals surface area (Å²) in [7, 11) is 1.47. The maximum absolute atomic E-state index is 11.8. The normalized spacial score (nSPS) is 20.4. The van der Waals surface area contributed by atoms with E-state index in [1.54, 1.807) is 0 Å². The van der Waals surface area contributed by atoms with E-state index in [9.17, 15) is 4.79 Å². The first-order valence-electron chi connectivity index (χ1n) is 10.8. The fraction of sp³-hybridized carbons (Fsp3) is 0.652. The Bertz CT molecular complexity index is 705. The first-order valence-corrected chi connectivity index (χ1v) is 10.8. The molecule has 0 saturated carbocycles. The van der Waals surface area contributed by atoms with Gasteiger partial charge in [-0.2, -0.15) is 0 Å². The van der Waals surface area contributed by atoms with E-state index in [1.807, 2.05) is 0 Å². The van der Waals surface area contributed by atoms with Crippen LogP contribution in [0.15, 0.2) is 29.3 Å². The molecule has 1 aromatic carbocycles. The molecule has 29 heavy (non-hydrogen) atoms. The monoisotopic (exact) mass is 401 g/mol. The Kier molecular flexibility index (Phi) is 7.53. The minimum Gasteiger partial charge on any atom is -0.469 e. The second kappa shape index (κ2) is 10.1. The summed E-state index contributed by atoms with van der Waals surface area (Å²) in [4.78, 5) is 19.2. The maximum atomic E-state index is 11.8. The molecule has 2 aliphatic heterocycles. The van der Waals surface area contributed by atoms with Crippen LogP contribution >= 0.6 is 0 Å². The number of carbonyl (C=O) groups is 1. The molecule has 2 aliphatic rings. The van der Waals surface area contributed by atoms with Crippen molar-refractivity contribution < 1.29 is 14.3 Å². The third kappa shape index (κ3) is 5.10. The summed E-state index contributed by atoms with van der Waals surface area (Å²) in [6, 6.07) is 8.68. The van der Waals surface area contributed by atoms with Crippen molar-refractivity contribution in [3.05, 3.63) is 35.4 Å². The zero-order valence-electron chi connectivity index (χ0n) is 18.1. The van der Waals surface area contributed by atoms with Crippen molar-refractivity contribution in [2.45, 2.75) is 44.9 Å². The van der Waals surface area contributed by atoms with Crippen molar-refractivity contribution in [2.24, 2.45) is 10.9 Å². The smallest absolute Gasteiger partial charge is 0.308 e. The number of hydrogen-bond donors (Lipinski definition) is 1. The number of esters is 1. The highest BCUT2D eigenvalue weighted by atomic mass is 16.5. The lowest BCUT2D eigenvalue weighted by Crippen LogP contribution is -2.47. The van der Waals surface area contributed by atoms with Crippen molar-refractivity contribution >= 4 is 11.9 Å². The van der Waals surface area contributed by atoms with Gasteiger partial charge in [-0.05, 0) is 50.7 Å². The van der Waals surface area contributed by atoms with E-state index in [1.165, 1.54) is 18.2 Å². The molecule has 6 nitrogen and oxygen atoms in total. The molecule has 160 valence electrons. The minimum atomic E-state index is -0.0905. The average molecular weight is 402 g/mol. The summed E-state index contributed by atoms with van der Waals surface area (Å²) in [6.45, 7) is 9.09. The van der Waals surface area contributed by atoms with Gasteiger partial charge < -0.3 is 19.7 Å². The molecule has 2 fully saturated rings. The van der Waals surface area contributed by atoms with Crippen LogP contribution in [0.4, 0.5) is 0 Å². The number of aliphatic imine (C=N–C) groups is 1. The predicted octanol–water partition coefficient (Wildman–Crippen LogP) is 2.89. The number of nitrogens with zero attached hydrogens (tertiary/aromatic N) is 2. The van der Waals surface area contributed by atoms with Crippen molar-refractivity contribution in [3.63, 3.8) is 0 Å². The second-order valence-electron chi connectivity index (χ2n) is 8.16. The SMILES string of the molecule is CCNC(=NCC1(c2ccccc2C)CCOCC1)N1CCC(C(=O)OC)CC1. The number of benzene rings is 1. The van der Waals surface area contributed by atoms with Crippen molar-refractivity contribution in [1.29, 1.82) is 0 Å². The third-order valence-corrected chi connectivity index (χ3v) is 6.36. The Morgan fingerprint density at radius 1 is 1.28 bits per heavy atom. The van der Waals surface area contributed by atoms with Crippen molar-refractivity contribution in [3.8, 4) is 0 Å². The number of methoxy groups -OCH3 is 1. The van der Waals surface area contributed by atoms with E-state index >= 15 is 0 Å². The van der Waals surface area contributed by atoms with Crippen LogP contribution in [0.25, 0.3) is 0 Å². The molecule has 6 heteroatoms. The highest BCUT2D eigenvalue weighted by molar-refractivity contribution is 5.80. The quantitative estimate of drug-likeness (QED) is 0.467. The molecule has 0 radical (unpaired) electrons. The molecule has 0 unspecified atom stereocenters. The summed E-state index contributed by atoms with van der Waals surface area (Å²) in [5, 5.41) is 3.46. The molecule has 0 bridgehead atoms. The molecule has 0 spiro atoms. The van der Waals surface area contributed by atoms with E-state index in [0.717, 1.165) is 71.0 Å². The van der Waals surface area contributed by atoms with Crippen LogP contribution < -0.4 is 5.32 Å². The minimum absolute atomic E-state index is 0.00734. The summed E-state index contributed by atoms with van der Waals surface area (Å²) < 4.78 is 10.6. The molecule has 0 aromatic heterocycles. The van der Waals surface area contributed by atoms with Gasteiger partial charge in [0.05, 0.1) is 19.6 Å². The van der Waals surface area contributed by atoms with E-state index < -0.39 is 0 Å². The molecule has 2 saturated heterocycles. The number of rotatable bonds is 5. The number of aryl methyl sites for hydroxylation is 1. The molecule has 0 aliphatic carbocycles. The van der Waals surface area contributed by atoms with Gasteiger partial charge in [-0.15, -0.1) is 0 Å². The van der Waals surface area contributed by atoms with Crippen LogP contribution in [-0.2, 0) is 19.7 Å². The zero-order chi connectivity index (χ0) is 20.7. The molecule has 0 atom stereocenters. The first kappa shape index (κ1) is 21.6. The Labute approximate surface area is 174 Å². The summed E-state index contributed by atoms with van der Waals surface area (Å²) in [5.41, 5.74) is 2.75. The third-order valence-electron chi connectivity index (χ3n) is 6.36. The summed E-state index contributed by atoms with van der Waals surface area (Å²) in [6.07, 6.45) is 3.61. The van der Waals surface area contributed by atoms with Gasteiger partial charge in [-0.3, -0.25) is 9.79 Å². The largest absolute Gasteiger partial charge is 0.469 e. The van der Waals surface area contributed by atoms with Gasteiger partial charge in [0, 0.05) is 38.3 Å². The number of ether oxygens (including phenoxy) is 2. The van der Waals surface area contributed by atoms with Crippen molar-refractivity contribution in [2.75, 3.05) is 46.5 Å². The van der Waals surface area contributed by atoms with Gasteiger partial charge in [0.15, 0.2) is 5.96 Å². The van der Waals surface area contributed by atoms with Crippen LogP contribution in [0.1, 0.15) is 43.7 Å². The maximum Gasteiger partial charge on any atom is 0.308 e. The molecule has 3 rings (SSSR count). The molecular weight excluding hydrogens is 366 g/mol. The number of guanidine groups is 1. The predicted molar refractivity (Wildman–Crippen MR) is 115 cm³/mol. The first-order chi connectivity index (χ1) is 14.1. The molecule has 1 N–H and O–H groups in total. The highest BCUT2D eigenvalue weighted by Crippen LogP contribution is 2.37. The Morgan fingerprint density at radius 3 is 2.59 bits per heavy atom. The topological polar surface area (TPSA) is 63.2 Å². The van der Waals surface area contributed by atoms with Crippen LogP contribution in [0, 0.1) is 12.8 Å². The Morgan fingerprint density at radius 2 is 1.97 bits per heavy atom. The summed E-state index contributed by atoms with van der Waals surface area (Å²) in [5.74, 6) is 0.871. The van der Waals surface area contributed by atoms with Crippen LogP contribution in [0.2, 0.25) is 0 Å². The lowest BCUT2D eigenvalue weighted by molar-refractivity contribution is -0.146. The van der Waals surface area contributed by atoms with Gasteiger partial charge in [-0.1, -0.05) is 24.3 Å². The average Bonchev–Trinajstić information content (AvgIpc) is 2.77. The highest BCUT2D eigenvalue weighted by Gasteiger charge is 2.36. The number of likely N-dealkylation sites (tertiary alicyclic amines) is 1. The fourth-order valence-corrected chi connectivity index (χ4v) is 4.59. The lowest BCUT2D eigenvalue weighted by atomic mass is 9.72. The van der Waals surface area contributed by atoms with E-state index in [4.69, 9.17) is 14.5 Å². The second-order valence-corrected chi connectivity index (χ2v) is 8.16. The molecular formula is C23H35N3O3. The van der Waals surface area contributed by atoms with Gasteiger partial charge in [-0.25, -0.2) is 0 Å². The summed E-state index contributed by atoms with van der Waals surface area (Å²) >= 11 is 0. The standard InChI is InChI=1S/C23H35N3O3/c1-4-24-22(26-13-9-19(10-14-26)21(27)28-3)25-17-23(11-15-29-16-12-23)20-8-6-5-7-18(20)2/h5-8,19H,4,9-17H2,1-3H3,(H,24,25).